The van der Waals surface area contributed by atoms with Crippen LogP contribution in [0.1, 0.15) is 89.2 Å². The first kappa shape index (κ1) is 33.6. The number of H-pyrrole nitrogens is 2. The van der Waals surface area contributed by atoms with E-state index in [9.17, 15) is 9.59 Å². The maximum Gasteiger partial charge on any atom is 0.303 e. The summed E-state index contributed by atoms with van der Waals surface area (Å²) in [7, 11) is 0. The van der Waals surface area contributed by atoms with Gasteiger partial charge in [0.25, 0.3) is 0 Å². The maximum absolute atomic E-state index is 11.8. The first-order valence-electron chi connectivity index (χ1n) is 15.3. The molecule has 0 saturated carbocycles. The van der Waals surface area contributed by atoms with E-state index in [1.807, 2.05) is 48.8 Å². The highest BCUT2D eigenvalue weighted by atomic mass is 16.4. The molecule has 0 aliphatic rings. The zero-order valence-corrected chi connectivity index (χ0v) is 25.0. The van der Waals surface area contributed by atoms with Crippen LogP contribution in [0.5, 0.6) is 0 Å². The van der Waals surface area contributed by atoms with Crippen molar-refractivity contribution in [3.8, 4) is 0 Å². The van der Waals surface area contributed by atoms with Crippen LogP contribution in [0.4, 0.5) is 0 Å². The number of para-hydroxylation sites is 2. The summed E-state index contributed by atoms with van der Waals surface area (Å²) in [5.74, 6) is -0.595. The Hall–Kier alpha value is -3.58. The molecule has 0 saturated heterocycles. The number of benzene rings is 2. The molecule has 0 aliphatic heterocycles. The molecule has 0 spiro atoms. The van der Waals surface area contributed by atoms with Gasteiger partial charge in [-0.05, 0) is 55.5 Å². The summed E-state index contributed by atoms with van der Waals surface area (Å²) in [6.45, 7) is 6.07. The average Bonchev–Trinajstić information content (AvgIpc) is 3.60. The second-order valence-corrected chi connectivity index (χ2v) is 10.4. The summed E-state index contributed by atoms with van der Waals surface area (Å²) in [5.41, 5.74) is 9.77. The first-order chi connectivity index (χ1) is 20.0. The van der Waals surface area contributed by atoms with Gasteiger partial charge in [0.05, 0.1) is 0 Å². The Morgan fingerprint density at radius 2 is 1.24 bits per heavy atom. The minimum Gasteiger partial charge on any atom is -0.481 e. The maximum atomic E-state index is 11.8. The normalized spacial score (nSPS) is 10.5. The van der Waals surface area contributed by atoms with Gasteiger partial charge in [-0.15, -0.1) is 0 Å². The van der Waals surface area contributed by atoms with Crippen molar-refractivity contribution in [1.82, 2.24) is 15.3 Å². The summed E-state index contributed by atoms with van der Waals surface area (Å²) >= 11 is 0. The lowest BCUT2D eigenvalue weighted by Crippen LogP contribution is -2.24. The van der Waals surface area contributed by atoms with Gasteiger partial charge in [-0.1, -0.05) is 88.8 Å². The third kappa shape index (κ3) is 13.1. The van der Waals surface area contributed by atoms with Crippen LogP contribution in [0.3, 0.4) is 0 Å². The highest BCUT2D eigenvalue weighted by Crippen LogP contribution is 2.19. The Morgan fingerprint density at radius 3 is 1.76 bits per heavy atom. The number of unbranched alkanes of at least 4 members (excludes halogenated alkanes) is 6. The molecule has 0 radical (unpaired) electrons. The van der Waals surface area contributed by atoms with Crippen molar-refractivity contribution in [2.24, 2.45) is 5.73 Å². The first-order valence-corrected chi connectivity index (χ1v) is 15.3. The summed E-state index contributed by atoms with van der Waals surface area (Å²) in [4.78, 5) is 28.6. The van der Waals surface area contributed by atoms with Gasteiger partial charge in [0.15, 0.2) is 0 Å². The van der Waals surface area contributed by atoms with Crippen LogP contribution in [0.15, 0.2) is 60.9 Å². The SMILES string of the molecule is CCCCCCN.CCCCCCNC(=O)CCc1c[nH]c2ccccc12.O=C(O)CCc1c[nH]c2ccccc12. The molecule has 1 amide bonds. The molecule has 0 bridgehead atoms. The number of nitrogens with one attached hydrogen (secondary N) is 3. The second kappa shape index (κ2) is 20.3. The fraction of sp³-hybridized carbons (Fsp3) is 0.471. The molecule has 2 aromatic heterocycles. The van der Waals surface area contributed by atoms with Gasteiger partial charge in [0, 0.05) is 53.6 Å². The standard InChI is InChI=1S/C17H24N2O.C11H11NO2.C6H15N/c1-2-3-4-7-12-18-17(20)11-10-14-13-19-16-9-6-5-8-15(14)16;13-11(14)6-5-8-7-12-10-4-2-1-3-9(8)10;1-2-3-4-5-6-7/h5-6,8-9,13,19H,2-4,7,10-12H2,1H3,(H,18,20);1-4,7,12H,5-6H2,(H,13,14);2-7H2,1H3. The zero-order chi connectivity index (χ0) is 29.7. The number of aliphatic carboxylic acids is 1. The van der Waals surface area contributed by atoms with Gasteiger partial charge in [-0.25, -0.2) is 0 Å². The number of hydrogen-bond donors (Lipinski definition) is 5. The van der Waals surface area contributed by atoms with Gasteiger partial charge in [-0.2, -0.15) is 0 Å². The minimum atomic E-state index is -0.754. The molecule has 224 valence electrons. The van der Waals surface area contributed by atoms with E-state index >= 15 is 0 Å². The molecular weight excluding hydrogens is 512 g/mol. The number of nitrogens with two attached hydrogens (primary N) is 1. The molecule has 0 atom stereocenters. The largest absolute Gasteiger partial charge is 0.481 e. The number of carbonyl (C=O) groups excluding carboxylic acids is 1. The molecule has 2 aromatic carbocycles. The smallest absolute Gasteiger partial charge is 0.303 e. The molecule has 0 fully saturated rings. The van der Waals surface area contributed by atoms with E-state index in [-0.39, 0.29) is 12.3 Å². The highest BCUT2D eigenvalue weighted by molar-refractivity contribution is 5.84. The fourth-order valence-corrected chi connectivity index (χ4v) is 4.61. The van der Waals surface area contributed by atoms with Crippen molar-refractivity contribution in [1.29, 1.82) is 0 Å². The summed E-state index contributed by atoms with van der Waals surface area (Å²) in [5, 5.41) is 13.9. The fourth-order valence-electron chi connectivity index (χ4n) is 4.61. The minimum absolute atomic E-state index is 0.159. The third-order valence-corrected chi connectivity index (χ3v) is 6.99. The highest BCUT2D eigenvalue weighted by Gasteiger charge is 2.06. The molecule has 0 aliphatic carbocycles. The number of aryl methyl sites for hydroxylation is 2. The van der Waals surface area contributed by atoms with E-state index in [2.05, 4.69) is 41.3 Å². The van der Waals surface area contributed by atoms with Crippen molar-refractivity contribution in [3.05, 3.63) is 72.1 Å². The van der Waals surface area contributed by atoms with Gasteiger partial charge in [0.1, 0.15) is 0 Å². The van der Waals surface area contributed by atoms with Gasteiger partial charge >= 0.3 is 5.97 Å². The number of rotatable bonds is 15. The van der Waals surface area contributed by atoms with Crippen molar-refractivity contribution >= 4 is 33.7 Å². The quantitative estimate of drug-likeness (QED) is 0.0962. The predicted molar refractivity (Wildman–Crippen MR) is 171 cm³/mol. The number of carboxylic acid groups (broad SMARTS) is 1. The van der Waals surface area contributed by atoms with Crippen LogP contribution in [-0.4, -0.2) is 40.0 Å². The van der Waals surface area contributed by atoms with E-state index in [1.165, 1.54) is 55.9 Å². The lowest BCUT2D eigenvalue weighted by Gasteiger charge is -2.04. The van der Waals surface area contributed by atoms with Crippen molar-refractivity contribution in [2.45, 2.75) is 90.9 Å². The van der Waals surface area contributed by atoms with Crippen molar-refractivity contribution < 1.29 is 14.7 Å². The number of aromatic amines is 2. The zero-order valence-electron chi connectivity index (χ0n) is 25.0. The summed E-state index contributed by atoms with van der Waals surface area (Å²) in [6, 6.07) is 16.1. The number of fused-ring (bicyclic) bond motifs is 2. The van der Waals surface area contributed by atoms with Crippen LogP contribution in [0.2, 0.25) is 0 Å². The molecule has 4 rings (SSSR count). The van der Waals surface area contributed by atoms with Gasteiger partial charge in [0.2, 0.25) is 5.91 Å². The van der Waals surface area contributed by atoms with Crippen LogP contribution in [0.25, 0.3) is 21.8 Å². The predicted octanol–water partition coefficient (Wildman–Crippen LogP) is 7.51. The Bertz CT molecular complexity index is 1270. The van der Waals surface area contributed by atoms with Crippen molar-refractivity contribution in [3.63, 3.8) is 0 Å². The third-order valence-electron chi connectivity index (χ3n) is 6.99. The molecular formula is C34H50N4O3. The summed E-state index contributed by atoms with van der Waals surface area (Å²) < 4.78 is 0. The molecule has 7 nitrogen and oxygen atoms in total. The lowest BCUT2D eigenvalue weighted by atomic mass is 10.1. The number of carboxylic acids is 1. The Morgan fingerprint density at radius 1 is 0.732 bits per heavy atom. The molecule has 4 aromatic rings. The molecule has 7 heteroatoms. The van der Waals surface area contributed by atoms with E-state index in [0.717, 1.165) is 47.9 Å². The monoisotopic (exact) mass is 562 g/mol. The van der Waals surface area contributed by atoms with Crippen LogP contribution < -0.4 is 11.1 Å². The van der Waals surface area contributed by atoms with Crippen LogP contribution in [0, 0.1) is 0 Å². The average molecular weight is 563 g/mol. The Labute approximate surface area is 245 Å². The number of amides is 1. The van der Waals surface area contributed by atoms with E-state index in [4.69, 9.17) is 10.8 Å². The Balaban J connectivity index is 0.000000242. The number of aromatic nitrogens is 2. The Kier molecular flexibility index (Phi) is 16.7. The van der Waals surface area contributed by atoms with E-state index in [0.29, 0.717) is 12.8 Å². The van der Waals surface area contributed by atoms with Crippen molar-refractivity contribution in [2.75, 3.05) is 13.1 Å². The van der Waals surface area contributed by atoms with Gasteiger partial charge in [-0.3, -0.25) is 9.59 Å². The molecule has 0 unspecified atom stereocenters. The molecule has 2 heterocycles. The van der Waals surface area contributed by atoms with E-state index in [1.54, 1.807) is 0 Å². The number of hydrogen-bond acceptors (Lipinski definition) is 3. The van der Waals surface area contributed by atoms with Crippen LogP contribution in [-0.2, 0) is 22.4 Å². The molecule has 6 N–H and O–H groups in total. The van der Waals surface area contributed by atoms with E-state index < -0.39 is 5.97 Å². The number of carbonyl (C=O) groups is 2. The second-order valence-electron chi connectivity index (χ2n) is 10.4. The summed E-state index contributed by atoms with van der Waals surface area (Å²) in [6.07, 6.45) is 16.0. The lowest BCUT2D eigenvalue weighted by molar-refractivity contribution is -0.137. The van der Waals surface area contributed by atoms with Crippen LogP contribution >= 0.6 is 0 Å². The molecule has 41 heavy (non-hydrogen) atoms. The van der Waals surface area contributed by atoms with Gasteiger partial charge < -0.3 is 26.1 Å². The topological polar surface area (TPSA) is 124 Å².